The van der Waals surface area contributed by atoms with Gasteiger partial charge in [0.05, 0.1) is 15.2 Å². The van der Waals surface area contributed by atoms with Crippen LogP contribution < -0.4 is 10.5 Å². The molecule has 5 heteroatoms. The molecule has 88 valence electrons. The second-order valence-electron chi connectivity index (χ2n) is 3.33. The summed E-state index contributed by atoms with van der Waals surface area (Å²) in [6.45, 7) is 0. The van der Waals surface area contributed by atoms with Crippen LogP contribution in [0, 0.1) is 5.82 Å². The number of rotatable bonds is 2. The summed E-state index contributed by atoms with van der Waals surface area (Å²) in [4.78, 5) is 0. The lowest BCUT2D eigenvalue weighted by atomic mass is 10.3. The molecule has 0 aliphatic carbocycles. The van der Waals surface area contributed by atoms with E-state index in [2.05, 4.69) is 15.9 Å². The Hall–Kier alpha value is -1.26. The number of nitrogen functional groups attached to an aromatic ring is 1. The van der Waals surface area contributed by atoms with Crippen LogP contribution in [0.15, 0.2) is 40.9 Å². The smallest absolute Gasteiger partial charge is 0.151 e. The van der Waals surface area contributed by atoms with Gasteiger partial charge in [0, 0.05) is 0 Å². The molecule has 2 aromatic rings. The molecule has 0 bridgehead atoms. The Bertz CT molecular complexity index is 562. The summed E-state index contributed by atoms with van der Waals surface area (Å²) in [7, 11) is 0. The number of benzene rings is 2. The van der Waals surface area contributed by atoms with Gasteiger partial charge in [0.25, 0.3) is 0 Å². The molecule has 0 heterocycles. The summed E-state index contributed by atoms with van der Waals surface area (Å²) < 4.78 is 18.9. The van der Waals surface area contributed by atoms with Crippen molar-refractivity contribution in [1.29, 1.82) is 0 Å². The quantitative estimate of drug-likeness (QED) is 0.821. The monoisotopic (exact) mass is 315 g/mol. The predicted molar refractivity (Wildman–Crippen MR) is 70.0 cm³/mol. The zero-order valence-corrected chi connectivity index (χ0v) is 10.9. The number of hydrogen-bond acceptors (Lipinski definition) is 2. The van der Waals surface area contributed by atoms with Crippen molar-refractivity contribution in [1.82, 2.24) is 0 Å². The fraction of sp³-hybridized carbons (Fsp3) is 0. The highest BCUT2D eigenvalue weighted by Crippen LogP contribution is 2.33. The Morgan fingerprint density at radius 3 is 2.71 bits per heavy atom. The van der Waals surface area contributed by atoms with E-state index in [0.29, 0.717) is 26.7 Å². The second-order valence-corrected chi connectivity index (χ2v) is 4.59. The molecule has 0 atom stereocenters. The Morgan fingerprint density at radius 2 is 2.00 bits per heavy atom. The van der Waals surface area contributed by atoms with Crippen LogP contribution in [0.2, 0.25) is 5.02 Å². The molecule has 0 radical (unpaired) electrons. The van der Waals surface area contributed by atoms with Crippen LogP contribution in [-0.4, -0.2) is 0 Å². The number of para-hydroxylation sites is 1. The Balaban J connectivity index is 2.31. The van der Waals surface area contributed by atoms with E-state index >= 15 is 0 Å². The van der Waals surface area contributed by atoms with Crippen molar-refractivity contribution in [3.8, 4) is 11.5 Å². The Morgan fingerprint density at radius 1 is 1.24 bits per heavy atom. The molecule has 0 aliphatic heterocycles. The minimum Gasteiger partial charge on any atom is -0.455 e. The highest BCUT2D eigenvalue weighted by atomic mass is 79.9. The van der Waals surface area contributed by atoms with Gasteiger partial charge in [-0.25, -0.2) is 4.39 Å². The van der Waals surface area contributed by atoms with Crippen LogP contribution in [0.3, 0.4) is 0 Å². The van der Waals surface area contributed by atoms with Crippen molar-refractivity contribution in [2.75, 3.05) is 5.73 Å². The van der Waals surface area contributed by atoms with Gasteiger partial charge in [-0.3, -0.25) is 0 Å². The van der Waals surface area contributed by atoms with Gasteiger partial charge in [-0.05, 0) is 46.3 Å². The number of halogens is 3. The average molecular weight is 317 g/mol. The van der Waals surface area contributed by atoms with Gasteiger partial charge in [-0.1, -0.05) is 17.7 Å². The lowest BCUT2D eigenvalue weighted by molar-refractivity contribution is 0.482. The average Bonchev–Trinajstić information content (AvgIpc) is 2.30. The van der Waals surface area contributed by atoms with Crippen molar-refractivity contribution >= 4 is 33.2 Å². The molecule has 2 rings (SSSR count). The van der Waals surface area contributed by atoms with Crippen LogP contribution in [-0.2, 0) is 0 Å². The second kappa shape index (κ2) is 4.94. The normalized spacial score (nSPS) is 10.3. The van der Waals surface area contributed by atoms with Crippen LogP contribution in [0.4, 0.5) is 10.1 Å². The molecule has 0 aliphatic rings. The molecule has 0 saturated heterocycles. The highest BCUT2D eigenvalue weighted by Gasteiger charge is 2.07. The fourth-order valence-corrected chi connectivity index (χ4v) is 1.80. The van der Waals surface area contributed by atoms with Crippen LogP contribution >= 0.6 is 27.5 Å². The maximum Gasteiger partial charge on any atom is 0.151 e. The summed E-state index contributed by atoms with van der Waals surface area (Å²) in [6, 6.07) is 9.44. The first-order valence-corrected chi connectivity index (χ1v) is 5.92. The van der Waals surface area contributed by atoms with Gasteiger partial charge in [0.1, 0.15) is 11.6 Å². The Labute approximate surface area is 111 Å². The van der Waals surface area contributed by atoms with E-state index in [4.69, 9.17) is 22.1 Å². The van der Waals surface area contributed by atoms with Crippen molar-refractivity contribution in [2.24, 2.45) is 0 Å². The van der Waals surface area contributed by atoms with Gasteiger partial charge in [0.2, 0.25) is 0 Å². The van der Waals surface area contributed by atoms with Crippen LogP contribution in [0.25, 0.3) is 0 Å². The minimum absolute atomic E-state index is 0.329. The predicted octanol–water partition coefficient (Wildman–Crippen LogP) is 4.62. The summed E-state index contributed by atoms with van der Waals surface area (Å²) in [5.41, 5.74) is 6.11. The van der Waals surface area contributed by atoms with Gasteiger partial charge >= 0.3 is 0 Å². The topological polar surface area (TPSA) is 35.2 Å². The molecule has 2 aromatic carbocycles. The summed E-state index contributed by atoms with van der Waals surface area (Å²) >= 11 is 8.94. The molecule has 0 fully saturated rings. The van der Waals surface area contributed by atoms with E-state index in [9.17, 15) is 4.39 Å². The third-order valence-corrected chi connectivity index (χ3v) is 3.07. The van der Waals surface area contributed by atoms with Gasteiger partial charge in [-0.15, -0.1) is 0 Å². The zero-order chi connectivity index (χ0) is 12.4. The van der Waals surface area contributed by atoms with Crippen molar-refractivity contribution < 1.29 is 9.13 Å². The first-order valence-electron chi connectivity index (χ1n) is 4.75. The van der Waals surface area contributed by atoms with Gasteiger partial charge < -0.3 is 10.5 Å². The Kier molecular flexibility index (Phi) is 3.54. The fourth-order valence-electron chi connectivity index (χ4n) is 1.27. The highest BCUT2D eigenvalue weighted by molar-refractivity contribution is 9.10. The van der Waals surface area contributed by atoms with E-state index in [1.807, 2.05) is 0 Å². The molecular formula is C12H8BrClFNO. The van der Waals surface area contributed by atoms with Crippen LogP contribution in [0.5, 0.6) is 11.5 Å². The number of hydrogen-bond donors (Lipinski definition) is 1. The molecule has 0 aromatic heterocycles. The summed E-state index contributed by atoms with van der Waals surface area (Å²) in [6.07, 6.45) is 0. The molecule has 2 nitrogen and oxygen atoms in total. The van der Waals surface area contributed by atoms with Gasteiger partial charge in [0.15, 0.2) is 5.75 Å². The molecule has 0 amide bonds. The van der Waals surface area contributed by atoms with E-state index in [-0.39, 0.29) is 5.82 Å². The largest absolute Gasteiger partial charge is 0.455 e. The van der Waals surface area contributed by atoms with Gasteiger partial charge in [-0.2, -0.15) is 0 Å². The maximum absolute atomic E-state index is 13.0. The summed E-state index contributed by atoms with van der Waals surface area (Å²) in [5, 5.41) is 0.420. The lowest BCUT2D eigenvalue weighted by Gasteiger charge is -2.09. The van der Waals surface area contributed by atoms with Crippen molar-refractivity contribution in [3.63, 3.8) is 0 Å². The first kappa shape index (κ1) is 12.2. The molecule has 0 spiro atoms. The number of anilines is 1. The maximum atomic E-state index is 13.0. The summed E-state index contributed by atoms with van der Waals surface area (Å²) in [5.74, 6) is 0.569. The number of nitrogens with two attached hydrogens (primary N) is 1. The number of ether oxygens (including phenoxy) is 1. The third kappa shape index (κ3) is 2.70. The van der Waals surface area contributed by atoms with E-state index < -0.39 is 0 Å². The molecule has 0 saturated carbocycles. The van der Waals surface area contributed by atoms with Crippen molar-refractivity contribution in [3.05, 3.63) is 51.7 Å². The van der Waals surface area contributed by atoms with Crippen LogP contribution in [0.1, 0.15) is 0 Å². The SMILES string of the molecule is Nc1c(Cl)cccc1Oc1ccc(F)c(Br)c1. The van der Waals surface area contributed by atoms with E-state index in [1.54, 1.807) is 18.2 Å². The zero-order valence-electron chi connectivity index (χ0n) is 8.58. The first-order chi connectivity index (χ1) is 8.08. The van der Waals surface area contributed by atoms with E-state index in [0.717, 1.165) is 0 Å². The van der Waals surface area contributed by atoms with Crippen molar-refractivity contribution in [2.45, 2.75) is 0 Å². The minimum atomic E-state index is -0.351. The standard InChI is InChI=1S/C12H8BrClFNO/c13-8-6-7(4-5-10(8)15)17-11-3-1-2-9(14)12(11)16/h1-6H,16H2. The molecule has 2 N–H and O–H groups in total. The lowest BCUT2D eigenvalue weighted by Crippen LogP contribution is -1.93. The molecule has 17 heavy (non-hydrogen) atoms. The molecule has 0 unspecified atom stereocenters. The third-order valence-electron chi connectivity index (χ3n) is 2.13. The molecular weight excluding hydrogens is 308 g/mol. The van der Waals surface area contributed by atoms with E-state index in [1.165, 1.54) is 18.2 Å².